The average molecular weight is 343 g/mol. The van der Waals surface area contributed by atoms with Gasteiger partial charge in [0.05, 0.1) is 12.6 Å². The van der Waals surface area contributed by atoms with E-state index in [1.807, 2.05) is 0 Å². The molecule has 8 nitrogen and oxygen atoms in total. The first kappa shape index (κ1) is 21.9. The first-order valence-corrected chi connectivity index (χ1v) is 8.33. The third kappa shape index (κ3) is 6.58. The predicted octanol–water partition coefficient (Wildman–Crippen LogP) is -2.38. The van der Waals surface area contributed by atoms with Gasteiger partial charge in [0.25, 0.3) is 0 Å². The van der Waals surface area contributed by atoms with E-state index in [4.69, 9.17) is 0 Å². The van der Waals surface area contributed by atoms with E-state index >= 15 is 0 Å². The Balaban J connectivity index is 0.00000441. The number of carbonyl (C=O) groups is 3. The van der Waals surface area contributed by atoms with E-state index in [0.717, 1.165) is 0 Å². The SMILES string of the molecule is CCOP(=O)([O-])C(=O)CCC(=O)N(O)C1CCC(=O)CC1.[Na+]. The second kappa shape index (κ2) is 9.93. The summed E-state index contributed by atoms with van der Waals surface area (Å²) in [7, 11) is -4.60. The second-order valence-electron chi connectivity index (χ2n) is 4.82. The maximum Gasteiger partial charge on any atom is 1.00 e. The van der Waals surface area contributed by atoms with E-state index in [0.29, 0.717) is 30.7 Å². The third-order valence-electron chi connectivity index (χ3n) is 3.27. The quantitative estimate of drug-likeness (QED) is 0.237. The Morgan fingerprint density at radius 2 is 1.91 bits per heavy atom. The van der Waals surface area contributed by atoms with E-state index in [1.54, 1.807) is 0 Å². The molecular formula is C12H19NNaO7P. The molecule has 1 aliphatic rings. The largest absolute Gasteiger partial charge is 1.00 e. The van der Waals surface area contributed by atoms with Gasteiger partial charge in [-0.25, -0.2) is 5.06 Å². The van der Waals surface area contributed by atoms with Crippen molar-refractivity contribution in [2.75, 3.05) is 6.61 Å². The Kier molecular flexibility index (Phi) is 9.89. The molecule has 0 bridgehead atoms. The van der Waals surface area contributed by atoms with Crippen LogP contribution in [0.3, 0.4) is 0 Å². The molecule has 0 radical (unpaired) electrons. The first-order chi connectivity index (χ1) is 9.77. The van der Waals surface area contributed by atoms with Crippen molar-refractivity contribution in [3.05, 3.63) is 0 Å². The first-order valence-electron chi connectivity index (χ1n) is 6.79. The summed E-state index contributed by atoms with van der Waals surface area (Å²) in [6.07, 6.45) is 0.380. The summed E-state index contributed by atoms with van der Waals surface area (Å²) >= 11 is 0. The molecule has 1 atom stereocenters. The van der Waals surface area contributed by atoms with Crippen LogP contribution in [0, 0.1) is 0 Å². The molecule has 120 valence electrons. The summed E-state index contributed by atoms with van der Waals surface area (Å²) in [6.45, 7) is 1.28. The number of rotatable bonds is 7. The Hall–Kier alpha value is -0.0800. The molecule has 1 unspecified atom stereocenters. The van der Waals surface area contributed by atoms with Gasteiger partial charge in [0.1, 0.15) is 5.78 Å². The zero-order chi connectivity index (χ0) is 16.0. The van der Waals surface area contributed by atoms with Crippen molar-refractivity contribution in [3.8, 4) is 0 Å². The molecule has 1 N–H and O–H groups in total. The Labute approximate surface area is 151 Å². The van der Waals surface area contributed by atoms with Crippen molar-refractivity contribution >= 4 is 24.8 Å². The molecule has 0 aromatic rings. The summed E-state index contributed by atoms with van der Waals surface area (Å²) in [6, 6.07) is -0.462. The number of Topliss-reactive ketones (excluding diaryl/α,β-unsaturated/α-hetero) is 1. The number of hydrogen-bond donors (Lipinski definition) is 1. The van der Waals surface area contributed by atoms with Gasteiger partial charge in [0.15, 0.2) is 0 Å². The Bertz CT molecular complexity index is 460. The zero-order valence-electron chi connectivity index (χ0n) is 12.8. The van der Waals surface area contributed by atoms with Crippen molar-refractivity contribution < 1.29 is 63.1 Å². The standard InChI is InChI=1S/C12H20NO7P.Na/c1-2-20-21(18,19)12(16)8-7-11(15)13(17)9-3-5-10(14)6-4-9;/h9,17H,2-8H2,1H3,(H,18,19);/q;+1/p-1. The van der Waals surface area contributed by atoms with Crippen molar-refractivity contribution in [1.29, 1.82) is 0 Å². The number of amides is 1. The molecule has 0 heterocycles. The molecule has 0 aliphatic heterocycles. The van der Waals surface area contributed by atoms with Crippen molar-refractivity contribution in [3.63, 3.8) is 0 Å². The number of hydrogen-bond acceptors (Lipinski definition) is 7. The van der Waals surface area contributed by atoms with E-state index in [9.17, 15) is 29.0 Å². The molecule has 0 saturated heterocycles. The fourth-order valence-electron chi connectivity index (χ4n) is 2.08. The van der Waals surface area contributed by atoms with Gasteiger partial charge in [-0.05, 0) is 19.8 Å². The Morgan fingerprint density at radius 3 is 2.41 bits per heavy atom. The smallest absolute Gasteiger partial charge is 0.773 e. The molecule has 0 spiro atoms. The number of nitrogens with zero attached hydrogens (tertiary/aromatic N) is 1. The summed E-state index contributed by atoms with van der Waals surface area (Å²) in [5.74, 6) is -0.648. The van der Waals surface area contributed by atoms with Crippen molar-refractivity contribution in [2.45, 2.75) is 51.5 Å². The molecule has 10 heteroatoms. The molecule has 0 aromatic carbocycles. The van der Waals surface area contributed by atoms with Gasteiger partial charge in [-0.2, -0.15) is 0 Å². The molecule has 1 amide bonds. The summed E-state index contributed by atoms with van der Waals surface area (Å²) in [4.78, 5) is 45.5. The monoisotopic (exact) mass is 343 g/mol. The molecule has 1 aliphatic carbocycles. The molecular weight excluding hydrogens is 324 g/mol. The van der Waals surface area contributed by atoms with Crippen LogP contribution in [0.15, 0.2) is 0 Å². The minimum atomic E-state index is -4.60. The average Bonchev–Trinajstić information content (AvgIpc) is 2.44. The van der Waals surface area contributed by atoms with Crippen LogP contribution in [0.4, 0.5) is 0 Å². The minimum Gasteiger partial charge on any atom is -0.773 e. The van der Waals surface area contributed by atoms with Crippen molar-refractivity contribution in [1.82, 2.24) is 5.06 Å². The van der Waals surface area contributed by atoms with Crippen molar-refractivity contribution in [2.24, 2.45) is 0 Å². The van der Waals surface area contributed by atoms with E-state index in [2.05, 4.69) is 4.52 Å². The molecule has 1 saturated carbocycles. The van der Waals surface area contributed by atoms with Crippen LogP contribution in [-0.2, 0) is 23.5 Å². The van der Waals surface area contributed by atoms with Gasteiger partial charge in [-0.3, -0.25) is 19.6 Å². The third-order valence-corrected chi connectivity index (χ3v) is 4.70. The number of carbonyl (C=O) groups excluding carboxylic acids is 3. The minimum absolute atomic E-state index is 0. The topological polar surface area (TPSA) is 124 Å². The Morgan fingerprint density at radius 1 is 1.36 bits per heavy atom. The van der Waals surface area contributed by atoms with E-state index in [-0.39, 0.29) is 41.9 Å². The summed E-state index contributed by atoms with van der Waals surface area (Å²) in [5, 5.41) is 10.2. The van der Waals surface area contributed by atoms with Gasteiger partial charge < -0.3 is 14.0 Å². The number of ketones is 1. The van der Waals surface area contributed by atoms with Crippen LogP contribution in [0.2, 0.25) is 0 Å². The molecule has 0 aromatic heterocycles. The second-order valence-corrected chi connectivity index (χ2v) is 6.57. The summed E-state index contributed by atoms with van der Waals surface area (Å²) < 4.78 is 15.6. The maximum absolute atomic E-state index is 11.7. The van der Waals surface area contributed by atoms with Crippen LogP contribution in [-0.4, -0.2) is 40.1 Å². The van der Waals surface area contributed by atoms with Gasteiger partial charge >= 0.3 is 29.6 Å². The molecule has 1 rings (SSSR count). The van der Waals surface area contributed by atoms with Gasteiger partial charge in [0, 0.05) is 25.7 Å². The normalized spacial score (nSPS) is 18.2. The van der Waals surface area contributed by atoms with Gasteiger partial charge in [-0.15, -0.1) is 0 Å². The maximum atomic E-state index is 11.7. The molecule has 22 heavy (non-hydrogen) atoms. The van der Waals surface area contributed by atoms with E-state index < -0.39 is 37.9 Å². The zero-order valence-corrected chi connectivity index (χ0v) is 15.7. The number of hydroxylamine groups is 2. The van der Waals surface area contributed by atoms with Crippen LogP contribution < -0.4 is 34.5 Å². The molecule has 1 fully saturated rings. The van der Waals surface area contributed by atoms with Gasteiger partial charge in [0.2, 0.25) is 19.0 Å². The van der Waals surface area contributed by atoms with Gasteiger partial charge in [-0.1, -0.05) is 0 Å². The fraction of sp³-hybridized carbons (Fsp3) is 0.750. The van der Waals surface area contributed by atoms with Crippen LogP contribution in [0.1, 0.15) is 45.4 Å². The summed E-state index contributed by atoms with van der Waals surface area (Å²) in [5.41, 5.74) is -1.16. The van der Waals surface area contributed by atoms with Crippen LogP contribution >= 0.6 is 7.60 Å². The predicted molar refractivity (Wildman–Crippen MR) is 69.4 cm³/mol. The van der Waals surface area contributed by atoms with Crippen LogP contribution in [0.5, 0.6) is 0 Å². The van der Waals surface area contributed by atoms with E-state index in [1.165, 1.54) is 6.92 Å². The fourth-order valence-corrected chi connectivity index (χ4v) is 2.95. The van der Waals surface area contributed by atoms with Crippen LogP contribution in [0.25, 0.3) is 0 Å².